The number of aromatic amines is 1. The summed E-state index contributed by atoms with van der Waals surface area (Å²) in [5.41, 5.74) is 1.61. The maximum absolute atomic E-state index is 11.0. The molecule has 0 aliphatic rings. The first-order valence-electron chi connectivity index (χ1n) is 3.94. The molecule has 2 aromatic heterocycles. The number of rotatable bonds is 1. The fourth-order valence-electron chi connectivity index (χ4n) is 1.18. The zero-order chi connectivity index (χ0) is 9.26. The standard InChI is InChI=1S/C9H9N3O/c1-12-6-7(5-10-12)8-3-2-4-9(13)11-8/h2-6H,1H3,(H,11,13). The Morgan fingerprint density at radius 1 is 1.46 bits per heavy atom. The van der Waals surface area contributed by atoms with Crippen molar-refractivity contribution in [1.82, 2.24) is 14.8 Å². The summed E-state index contributed by atoms with van der Waals surface area (Å²) in [7, 11) is 1.84. The number of nitrogens with zero attached hydrogens (tertiary/aromatic N) is 2. The summed E-state index contributed by atoms with van der Waals surface area (Å²) >= 11 is 0. The van der Waals surface area contributed by atoms with Gasteiger partial charge < -0.3 is 4.98 Å². The monoisotopic (exact) mass is 175 g/mol. The Bertz CT molecular complexity index is 469. The van der Waals surface area contributed by atoms with Crippen molar-refractivity contribution in [1.29, 1.82) is 0 Å². The molecule has 2 heterocycles. The van der Waals surface area contributed by atoms with Crippen molar-refractivity contribution >= 4 is 0 Å². The molecule has 1 N–H and O–H groups in total. The average Bonchev–Trinajstić information content (AvgIpc) is 2.52. The van der Waals surface area contributed by atoms with Gasteiger partial charge in [-0.2, -0.15) is 5.10 Å². The van der Waals surface area contributed by atoms with Gasteiger partial charge in [0.2, 0.25) is 5.56 Å². The molecule has 0 bridgehead atoms. The molecule has 0 unspecified atom stereocenters. The highest BCUT2D eigenvalue weighted by Crippen LogP contribution is 2.12. The van der Waals surface area contributed by atoms with Crippen LogP contribution in [0.15, 0.2) is 35.4 Å². The summed E-state index contributed by atoms with van der Waals surface area (Å²) in [5.74, 6) is 0. The Labute approximate surface area is 74.8 Å². The molecule has 2 rings (SSSR count). The van der Waals surface area contributed by atoms with Gasteiger partial charge in [0.15, 0.2) is 0 Å². The summed E-state index contributed by atoms with van der Waals surface area (Å²) in [4.78, 5) is 13.7. The van der Waals surface area contributed by atoms with Crippen LogP contribution in [0.3, 0.4) is 0 Å². The van der Waals surface area contributed by atoms with Crippen molar-refractivity contribution in [3.63, 3.8) is 0 Å². The third-order valence-electron chi connectivity index (χ3n) is 1.78. The molecule has 66 valence electrons. The predicted molar refractivity (Wildman–Crippen MR) is 49.3 cm³/mol. The molecule has 0 radical (unpaired) electrons. The molecular weight excluding hydrogens is 166 g/mol. The smallest absolute Gasteiger partial charge is 0.248 e. The van der Waals surface area contributed by atoms with Gasteiger partial charge in [-0.3, -0.25) is 9.48 Å². The lowest BCUT2D eigenvalue weighted by Crippen LogP contribution is -2.02. The average molecular weight is 175 g/mol. The second-order valence-electron chi connectivity index (χ2n) is 2.83. The first-order valence-corrected chi connectivity index (χ1v) is 3.94. The van der Waals surface area contributed by atoms with Gasteiger partial charge in [0.1, 0.15) is 0 Å². The van der Waals surface area contributed by atoms with E-state index < -0.39 is 0 Å². The van der Waals surface area contributed by atoms with Crippen LogP contribution in [-0.4, -0.2) is 14.8 Å². The van der Waals surface area contributed by atoms with Gasteiger partial charge >= 0.3 is 0 Å². The van der Waals surface area contributed by atoms with E-state index in [1.54, 1.807) is 16.9 Å². The van der Waals surface area contributed by atoms with Crippen LogP contribution in [0, 0.1) is 0 Å². The largest absolute Gasteiger partial charge is 0.322 e. The number of aromatic nitrogens is 3. The Morgan fingerprint density at radius 2 is 2.31 bits per heavy atom. The van der Waals surface area contributed by atoms with Crippen molar-refractivity contribution in [2.75, 3.05) is 0 Å². The second-order valence-corrected chi connectivity index (χ2v) is 2.83. The van der Waals surface area contributed by atoms with E-state index in [1.165, 1.54) is 6.07 Å². The molecule has 13 heavy (non-hydrogen) atoms. The molecule has 4 heteroatoms. The van der Waals surface area contributed by atoms with E-state index in [-0.39, 0.29) is 5.56 Å². The van der Waals surface area contributed by atoms with Crippen LogP contribution in [0.4, 0.5) is 0 Å². The highest BCUT2D eigenvalue weighted by atomic mass is 16.1. The quantitative estimate of drug-likeness (QED) is 0.696. The molecule has 0 saturated carbocycles. The molecule has 0 aromatic carbocycles. The number of aryl methyl sites for hydroxylation is 1. The number of pyridine rings is 1. The van der Waals surface area contributed by atoms with E-state index >= 15 is 0 Å². The highest BCUT2D eigenvalue weighted by molar-refractivity contribution is 5.56. The van der Waals surface area contributed by atoms with Crippen molar-refractivity contribution in [3.05, 3.63) is 40.9 Å². The summed E-state index contributed by atoms with van der Waals surface area (Å²) in [5, 5.41) is 4.02. The van der Waals surface area contributed by atoms with Crippen LogP contribution in [-0.2, 0) is 7.05 Å². The number of hydrogen-bond acceptors (Lipinski definition) is 2. The van der Waals surface area contributed by atoms with Gasteiger partial charge in [-0.05, 0) is 6.07 Å². The van der Waals surface area contributed by atoms with Gasteiger partial charge in [-0.25, -0.2) is 0 Å². The molecule has 0 saturated heterocycles. The van der Waals surface area contributed by atoms with Crippen LogP contribution in [0.2, 0.25) is 0 Å². The van der Waals surface area contributed by atoms with Gasteiger partial charge in [0.05, 0.1) is 11.9 Å². The minimum Gasteiger partial charge on any atom is -0.322 e. The molecule has 0 atom stereocenters. The lowest BCUT2D eigenvalue weighted by molar-refractivity contribution is 0.768. The molecule has 0 fully saturated rings. The molecule has 4 nitrogen and oxygen atoms in total. The maximum atomic E-state index is 11.0. The van der Waals surface area contributed by atoms with E-state index in [0.29, 0.717) is 0 Å². The summed E-state index contributed by atoms with van der Waals surface area (Å²) < 4.78 is 1.70. The van der Waals surface area contributed by atoms with Gasteiger partial charge in [-0.15, -0.1) is 0 Å². The van der Waals surface area contributed by atoms with Gasteiger partial charge in [0.25, 0.3) is 0 Å². The minimum atomic E-state index is -0.0960. The Kier molecular flexibility index (Phi) is 1.73. The number of nitrogens with one attached hydrogen (secondary N) is 1. The third kappa shape index (κ3) is 1.51. The van der Waals surface area contributed by atoms with E-state index in [0.717, 1.165) is 11.3 Å². The third-order valence-corrected chi connectivity index (χ3v) is 1.78. The number of hydrogen-bond donors (Lipinski definition) is 1. The topological polar surface area (TPSA) is 50.7 Å². The van der Waals surface area contributed by atoms with E-state index in [4.69, 9.17) is 0 Å². The zero-order valence-electron chi connectivity index (χ0n) is 7.19. The second kappa shape index (κ2) is 2.90. The highest BCUT2D eigenvalue weighted by Gasteiger charge is 1.99. The van der Waals surface area contributed by atoms with E-state index in [2.05, 4.69) is 10.1 Å². The van der Waals surface area contributed by atoms with Gasteiger partial charge in [0, 0.05) is 24.9 Å². The van der Waals surface area contributed by atoms with Crippen LogP contribution >= 0.6 is 0 Å². The summed E-state index contributed by atoms with van der Waals surface area (Å²) in [6.07, 6.45) is 3.57. The zero-order valence-corrected chi connectivity index (χ0v) is 7.19. The summed E-state index contributed by atoms with van der Waals surface area (Å²) in [6.45, 7) is 0. The molecule has 0 amide bonds. The lowest BCUT2D eigenvalue weighted by atomic mass is 10.2. The Morgan fingerprint density at radius 3 is 2.92 bits per heavy atom. The molecular formula is C9H9N3O. The van der Waals surface area contributed by atoms with E-state index in [1.807, 2.05) is 19.3 Å². The first-order chi connectivity index (χ1) is 6.25. The van der Waals surface area contributed by atoms with Gasteiger partial charge in [-0.1, -0.05) is 6.07 Å². The Balaban J connectivity index is 2.52. The maximum Gasteiger partial charge on any atom is 0.248 e. The van der Waals surface area contributed by atoms with Crippen LogP contribution in [0.1, 0.15) is 0 Å². The molecule has 0 spiro atoms. The van der Waals surface area contributed by atoms with Crippen molar-refractivity contribution in [2.24, 2.45) is 7.05 Å². The predicted octanol–water partition coefficient (Wildman–Crippen LogP) is 0.775. The lowest BCUT2D eigenvalue weighted by Gasteiger charge is -1.94. The molecule has 0 aliphatic carbocycles. The normalized spacial score (nSPS) is 10.2. The Hall–Kier alpha value is -1.84. The number of H-pyrrole nitrogens is 1. The summed E-state index contributed by atoms with van der Waals surface area (Å²) in [6, 6.07) is 5.06. The van der Waals surface area contributed by atoms with Crippen molar-refractivity contribution in [2.45, 2.75) is 0 Å². The first kappa shape index (κ1) is 7.79. The fourth-order valence-corrected chi connectivity index (χ4v) is 1.18. The van der Waals surface area contributed by atoms with Crippen LogP contribution in [0.25, 0.3) is 11.3 Å². The van der Waals surface area contributed by atoms with Crippen LogP contribution < -0.4 is 5.56 Å². The molecule has 0 aliphatic heterocycles. The molecule has 2 aromatic rings. The van der Waals surface area contributed by atoms with Crippen LogP contribution in [0.5, 0.6) is 0 Å². The van der Waals surface area contributed by atoms with Crippen molar-refractivity contribution in [3.8, 4) is 11.3 Å². The fraction of sp³-hybridized carbons (Fsp3) is 0.111. The van der Waals surface area contributed by atoms with E-state index in [9.17, 15) is 4.79 Å². The van der Waals surface area contributed by atoms with Crippen molar-refractivity contribution < 1.29 is 0 Å². The SMILES string of the molecule is Cn1cc(-c2cccc(=O)[nH]2)cn1. The minimum absolute atomic E-state index is 0.0960.